The molecule has 18 heavy (non-hydrogen) atoms. The molecule has 1 aromatic rings. The number of morpholine rings is 1. The zero-order chi connectivity index (χ0) is 13.0. The summed E-state index contributed by atoms with van der Waals surface area (Å²) in [5.74, 6) is 1.14. The third-order valence-corrected chi connectivity index (χ3v) is 3.06. The molecule has 1 N–H and O–H groups in total. The monoisotopic (exact) mass is 255 g/mol. The van der Waals surface area contributed by atoms with Crippen LogP contribution in [0.25, 0.3) is 0 Å². The fourth-order valence-electron chi connectivity index (χ4n) is 2.12. The Morgan fingerprint density at radius 1 is 1.33 bits per heavy atom. The van der Waals surface area contributed by atoms with Gasteiger partial charge in [0.05, 0.1) is 26.9 Å². The molecule has 4 nitrogen and oxygen atoms in total. The third-order valence-electron chi connectivity index (χ3n) is 3.06. The molecule has 1 fully saturated rings. The van der Waals surface area contributed by atoms with Crippen LogP contribution in [-0.4, -0.2) is 33.9 Å². The summed E-state index contributed by atoms with van der Waals surface area (Å²) < 4.78 is 29.2. The number of methoxy groups -OCH3 is 2. The van der Waals surface area contributed by atoms with Crippen LogP contribution in [0.4, 0.5) is 4.39 Å². The molecule has 100 valence electrons. The van der Waals surface area contributed by atoms with E-state index in [1.807, 2.05) is 0 Å². The number of nitrogens with one attached hydrogen (secondary N) is 1. The maximum Gasteiger partial charge on any atom is 0.161 e. The van der Waals surface area contributed by atoms with E-state index >= 15 is 0 Å². The van der Waals surface area contributed by atoms with Crippen LogP contribution in [0.5, 0.6) is 11.5 Å². The molecule has 0 aliphatic carbocycles. The molecule has 1 aromatic carbocycles. The van der Waals surface area contributed by atoms with Gasteiger partial charge in [-0.2, -0.15) is 0 Å². The van der Waals surface area contributed by atoms with Crippen LogP contribution >= 0.6 is 0 Å². The van der Waals surface area contributed by atoms with Gasteiger partial charge in [-0.1, -0.05) is 0 Å². The van der Waals surface area contributed by atoms with Crippen LogP contribution in [-0.2, 0) is 11.4 Å². The summed E-state index contributed by atoms with van der Waals surface area (Å²) in [6.07, 6.45) is -0.135. The standard InChI is InChI=1S/C13H18FNO3/c1-16-11-5-9(7-14)10(6-12(11)17-2)13-8-15-3-4-18-13/h5-6,13,15H,3-4,7-8H2,1-2H3. The fraction of sp³-hybridized carbons (Fsp3) is 0.538. The molecule has 1 atom stereocenters. The predicted molar refractivity (Wildman–Crippen MR) is 65.9 cm³/mol. The summed E-state index contributed by atoms with van der Waals surface area (Å²) in [4.78, 5) is 0. The van der Waals surface area contributed by atoms with Gasteiger partial charge in [0.1, 0.15) is 6.67 Å². The Labute approximate surface area is 106 Å². The summed E-state index contributed by atoms with van der Waals surface area (Å²) >= 11 is 0. The second-order valence-electron chi connectivity index (χ2n) is 4.10. The van der Waals surface area contributed by atoms with Crippen molar-refractivity contribution in [2.24, 2.45) is 0 Å². The van der Waals surface area contributed by atoms with Gasteiger partial charge < -0.3 is 19.5 Å². The Morgan fingerprint density at radius 2 is 2.06 bits per heavy atom. The van der Waals surface area contributed by atoms with Crippen molar-refractivity contribution in [1.82, 2.24) is 5.32 Å². The molecule has 1 unspecified atom stereocenters. The molecule has 0 radical (unpaired) electrons. The normalized spacial score (nSPS) is 19.6. The molecule has 1 heterocycles. The van der Waals surface area contributed by atoms with E-state index in [1.54, 1.807) is 19.2 Å². The third kappa shape index (κ3) is 2.57. The predicted octanol–water partition coefficient (Wildman–Crippen LogP) is 1.83. The molecule has 1 aliphatic heterocycles. The fourth-order valence-corrected chi connectivity index (χ4v) is 2.12. The van der Waals surface area contributed by atoms with Crippen molar-refractivity contribution in [2.45, 2.75) is 12.8 Å². The van der Waals surface area contributed by atoms with E-state index in [2.05, 4.69) is 5.32 Å². The second-order valence-corrected chi connectivity index (χ2v) is 4.10. The van der Waals surface area contributed by atoms with Crippen LogP contribution < -0.4 is 14.8 Å². The van der Waals surface area contributed by atoms with Gasteiger partial charge in [0.2, 0.25) is 0 Å². The minimum absolute atomic E-state index is 0.135. The zero-order valence-electron chi connectivity index (χ0n) is 10.7. The zero-order valence-corrected chi connectivity index (χ0v) is 10.7. The summed E-state index contributed by atoms with van der Waals surface area (Å²) in [5, 5.41) is 3.23. The van der Waals surface area contributed by atoms with E-state index in [4.69, 9.17) is 14.2 Å². The van der Waals surface area contributed by atoms with Crippen LogP contribution in [0, 0.1) is 0 Å². The Kier molecular flexibility index (Phi) is 4.38. The van der Waals surface area contributed by atoms with Crippen molar-refractivity contribution in [3.63, 3.8) is 0 Å². The molecule has 0 bridgehead atoms. The van der Waals surface area contributed by atoms with Gasteiger partial charge in [-0.05, 0) is 23.3 Å². The van der Waals surface area contributed by atoms with Crippen molar-refractivity contribution >= 4 is 0 Å². The minimum atomic E-state index is -0.546. The first-order valence-electron chi connectivity index (χ1n) is 5.93. The first-order chi connectivity index (χ1) is 8.80. The molecule has 1 saturated heterocycles. The molecular formula is C13H18FNO3. The smallest absolute Gasteiger partial charge is 0.161 e. The highest BCUT2D eigenvalue weighted by atomic mass is 19.1. The molecule has 0 aromatic heterocycles. The maximum atomic E-state index is 13.1. The van der Waals surface area contributed by atoms with Crippen LogP contribution in [0.1, 0.15) is 17.2 Å². The van der Waals surface area contributed by atoms with E-state index in [1.165, 1.54) is 7.11 Å². The van der Waals surface area contributed by atoms with Gasteiger partial charge in [0.15, 0.2) is 11.5 Å². The number of alkyl halides is 1. The highest BCUT2D eigenvalue weighted by Crippen LogP contribution is 2.35. The summed E-state index contributed by atoms with van der Waals surface area (Å²) in [5.41, 5.74) is 1.41. The molecule has 0 spiro atoms. The lowest BCUT2D eigenvalue weighted by Gasteiger charge is -2.26. The summed E-state index contributed by atoms with van der Waals surface area (Å²) in [6.45, 7) is 1.59. The van der Waals surface area contributed by atoms with Crippen molar-refractivity contribution in [2.75, 3.05) is 33.9 Å². The number of ether oxygens (including phenoxy) is 3. The van der Waals surface area contributed by atoms with Crippen molar-refractivity contribution < 1.29 is 18.6 Å². The number of hydrogen-bond donors (Lipinski definition) is 1. The maximum absolute atomic E-state index is 13.1. The average Bonchev–Trinajstić information content (AvgIpc) is 2.46. The first-order valence-corrected chi connectivity index (χ1v) is 5.93. The highest BCUT2D eigenvalue weighted by molar-refractivity contribution is 5.48. The second kappa shape index (κ2) is 6.02. The number of rotatable bonds is 4. The number of benzene rings is 1. The molecule has 0 amide bonds. The van der Waals surface area contributed by atoms with Gasteiger partial charge in [0, 0.05) is 13.1 Å². The first kappa shape index (κ1) is 13.1. The van der Waals surface area contributed by atoms with E-state index < -0.39 is 6.67 Å². The van der Waals surface area contributed by atoms with E-state index in [0.717, 1.165) is 12.1 Å². The Balaban J connectivity index is 2.37. The van der Waals surface area contributed by atoms with Crippen LogP contribution in [0.15, 0.2) is 12.1 Å². The lowest BCUT2D eigenvalue weighted by Crippen LogP contribution is -2.33. The number of halogens is 1. The van der Waals surface area contributed by atoms with Crippen LogP contribution in [0.2, 0.25) is 0 Å². The summed E-state index contributed by atoms with van der Waals surface area (Å²) in [6, 6.07) is 3.47. The Hall–Kier alpha value is -1.33. The van der Waals surface area contributed by atoms with E-state index in [-0.39, 0.29) is 6.10 Å². The molecule has 0 saturated carbocycles. The number of hydrogen-bond acceptors (Lipinski definition) is 4. The topological polar surface area (TPSA) is 39.7 Å². The van der Waals surface area contributed by atoms with Gasteiger partial charge >= 0.3 is 0 Å². The Morgan fingerprint density at radius 3 is 2.61 bits per heavy atom. The molecular weight excluding hydrogens is 237 g/mol. The SMILES string of the molecule is COc1cc(CF)c(C2CNCCO2)cc1OC. The molecule has 5 heteroatoms. The van der Waals surface area contributed by atoms with E-state index in [9.17, 15) is 4.39 Å². The van der Waals surface area contributed by atoms with Gasteiger partial charge in [-0.25, -0.2) is 4.39 Å². The summed E-state index contributed by atoms with van der Waals surface area (Å²) in [7, 11) is 3.11. The lowest BCUT2D eigenvalue weighted by atomic mass is 10.0. The minimum Gasteiger partial charge on any atom is -0.493 e. The molecule has 2 rings (SSSR count). The van der Waals surface area contributed by atoms with Gasteiger partial charge in [0.25, 0.3) is 0 Å². The van der Waals surface area contributed by atoms with E-state index in [0.29, 0.717) is 30.2 Å². The quantitative estimate of drug-likeness (QED) is 0.891. The Bertz CT molecular complexity index is 405. The van der Waals surface area contributed by atoms with Crippen molar-refractivity contribution in [1.29, 1.82) is 0 Å². The molecule has 1 aliphatic rings. The average molecular weight is 255 g/mol. The largest absolute Gasteiger partial charge is 0.493 e. The van der Waals surface area contributed by atoms with Crippen LogP contribution in [0.3, 0.4) is 0 Å². The van der Waals surface area contributed by atoms with Crippen molar-refractivity contribution in [3.8, 4) is 11.5 Å². The lowest BCUT2D eigenvalue weighted by molar-refractivity contribution is 0.0267. The van der Waals surface area contributed by atoms with Gasteiger partial charge in [-0.15, -0.1) is 0 Å². The highest BCUT2D eigenvalue weighted by Gasteiger charge is 2.21. The van der Waals surface area contributed by atoms with Gasteiger partial charge in [-0.3, -0.25) is 0 Å². The van der Waals surface area contributed by atoms with Crippen molar-refractivity contribution in [3.05, 3.63) is 23.3 Å².